The van der Waals surface area contributed by atoms with E-state index in [2.05, 4.69) is 56.6 Å². The predicted molar refractivity (Wildman–Crippen MR) is 73.0 cm³/mol. The Balaban J connectivity index is 2.26. The fourth-order valence-corrected chi connectivity index (χ4v) is 2.63. The van der Waals surface area contributed by atoms with Crippen molar-refractivity contribution in [3.05, 3.63) is 10.8 Å². The Morgan fingerprint density at radius 3 is 2.47 bits per heavy atom. The molecule has 2 N–H and O–H groups in total. The summed E-state index contributed by atoms with van der Waals surface area (Å²) >= 11 is 3.47. The maximum Gasteiger partial charge on any atom is 0.148 e. The van der Waals surface area contributed by atoms with E-state index in [1.807, 2.05) is 0 Å². The van der Waals surface area contributed by atoms with Crippen LogP contribution in [-0.2, 0) is 0 Å². The molecule has 0 amide bonds. The third kappa shape index (κ3) is 2.37. The van der Waals surface area contributed by atoms with Gasteiger partial charge in [-0.15, -0.1) is 0 Å². The molecule has 0 saturated carbocycles. The van der Waals surface area contributed by atoms with Crippen molar-refractivity contribution in [2.75, 3.05) is 30.8 Å². The maximum absolute atomic E-state index is 5.79. The smallest absolute Gasteiger partial charge is 0.148 e. The Morgan fingerprint density at radius 1 is 1.29 bits per heavy atom. The van der Waals surface area contributed by atoms with Gasteiger partial charge in [-0.2, -0.15) is 0 Å². The van der Waals surface area contributed by atoms with Gasteiger partial charge in [0.1, 0.15) is 22.4 Å². The number of piperazine rings is 1. The van der Waals surface area contributed by atoms with Crippen molar-refractivity contribution in [3.63, 3.8) is 0 Å². The normalized spacial score (nSPS) is 26.2. The third-order valence-corrected chi connectivity index (χ3v) is 4.22. The Hall–Kier alpha value is -0.880. The van der Waals surface area contributed by atoms with Crippen LogP contribution in [0, 0.1) is 0 Å². The van der Waals surface area contributed by atoms with Crippen LogP contribution in [0.2, 0.25) is 0 Å². The minimum Gasteiger partial charge on any atom is -0.383 e. The molecule has 1 aliphatic rings. The number of halogens is 1. The number of likely N-dealkylation sites (N-methyl/N-ethyl adjacent to an activating group) is 1. The largest absolute Gasteiger partial charge is 0.383 e. The van der Waals surface area contributed by atoms with Crippen LogP contribution in [0.3, 0.4) is 0 Å². The summed E-state index contributed by atoms with van der Waals surface area (Å²) in [5.74, 6) is 1.39. The van der Waals surface area contributed by atoms with Gasteiger partial charge in [-0.3, -0.25) is 4.90 Å². The molecule has 17 heavy (non-hydrogen) atoms. The van der Waals surface area contributed by atoms with E-state index in [0.29, 0.717) is 17.9 Å². The van der Waals surface area contributed by atoms with Crippen LogP contribution in [0.4, 0.5) is 11.6 Å². The lowest BCUT2D eigenvalue weighted by molar-refractivity contribution is 0.169. The molecule has 0 aromatic carbocycles. The number of rotatable bonds is 1. The molecule has 5 nitrogen and oxygen atoms in total. The zero-order valence-electron chi connectivity index (χ0n) is 10.4. The Labute approximate surface area is 110 Å². The molecule has 0 aliphatic carbocycles. The first-order valence-electron chi connectivity index (χ1n) is 5.73. The topological polar surface area (TPSA) is 58.3 Å². The zero-order chi connectivity index (χ0) is 12.6. The SMILES string of the molecule is CC1CN(c2ncnc(N)c2Br)CC(C)N1C. The summed E-state index contributed by atoms with van der Waals surface area (Å²) < 4.78 is 0.795. The van der Waals surface area contributed by atoms with E-state index in [4.69, 9.17) is 5.73 Å². The van der Waals surface area contributed by atoms with Crippen LogP contribution in [0.25, 0.3) is 0 Å². The van der Waals surface area contributed by atoms with E-state index >= 15 is 0 Å². The van der Waals surface area contributed by atoms with E-state index in [1.54, 1.807) is 0 Å². The molecule has 0 radical (unpaired) electrons. The van der Waals surface area contributed by atoms with E-state index in [0.717, 1.165) is 23.4 Å². The van der Waals surface area contributed by atoms with E-state index in [-0.39, 0.29) is 0 Å². The summed E-state index contributed by atoms with van der Waals surface area (Å²) in [6, 6.07) is 1.00. The molecule has 1 aromatic heterocycles. The molecule has 2 unspecified atom stereocenters. The van der Waals surface area contributed by atoms with Gasteiger partial charge in [-0.05, 0) is 36.8 Å². The van der Waals surface area contributed by atoms with Crippen LogP contribution in [0.5, 0.6) is 0 Å². The molecule has 94 valence electrons. The maximum atomic E-state index is 5.79. The average molecular weight is 300 g/mol. The zero-order valence-corrected chi connectivity index (χ0v) is 12.0. The van der Waals surface area contributed by atoms with E-state index in [1.165, 1.54) is 6.33 Å². The second-order valence-electron chi connectivity index (χ2n) is 4.66. The minimum atomic E-state index is 0.495. The fraction of sp³-hybridized carbons (Fsp3) is 0.636. The highest BCUT2D eigenvalue weighted by atomic mass is 79.9. The van der Waals surface area contributed by atoms with Crippen LogP contribution in [0.15, 0.2) is 10.8 Å². The number of hydrogen-bond acceptors (Lipinski definition) is 5. The average Bonchev–Trinajstić information content (AvgIpc) is 2.29. The van der Waals surface area contributed by atoms with Crippen LogP contribution in [0.1, 0.15) is 13.8 Å². The van der Waals surface area contributed by atoms with Crippen molar-refractivity contribution in [3.8, 4) is 0 Å². The van der Waals surface area contributed by atoms with Crippen molar-refractivity contribution in [1.82, 2.24) is 14.9 Å². The van der Waals surface area contributed by atoms with Gasteiger partial charge in [-0.25, -0.2) is 9.97 Å². The molecule has 2 atom stereocenters. The Morgan fingerprint density at radius 2 is 1.88 bits per heavy atom. The summed E-state index contributed by atoms with van der Waals surface area (Å²) in [6.45, 7) is 6.36. The van der Waals surface area contributed by atoms with Gasteiger partial charge in [-0.1, -0.05) is 0 Å². The first-order valence-corrected chi connectivity index (χ1v) is 6.53. The van der Waals surface area contributed by atoms with Crippen molar-refractivity contribution in [2.24, 2.45) is 0 Å². The van der Waals surface area contributed by atoms with Gasteiger partial charge < -0.3 is 10.6 Å². The number of nitrogen functional groups attached to an aromatic ring is 1. The monoisotopic (exact) mass is 299 g/mol. The van der Waals surface area contributed by atoms with Gasteiger partial charge in [0, 0.05) is 25.2 Å². The molecular weight excluding hydrogens is 282 g/mol. The molecule has 1 aliphatic heterocycles. The molecule has 6 heteroatoms. The van der Waals surface area contributed by atoms with Gasteiger partial charge >= 0.3 is 0 Å². The van der Waals surface area contributed by atoms with Crippen LogP contribution in [-0.4, -0.2) is 47.1 Å². The number of hydrogen-bond donors (Lipinski definition) is 1. The highest BCUT2D eigenvalue weighted by Crippen LogP contribution is 2.29. The summed E-state index contributed by atoms with van der Waals surface area (Å²) in [5.41, 5.74) is 5.79. The molecule has 1 saturated heterocycles. The van der Waals surface area contributed by atoms with Crippen LogP contribution >= 0.6 is 15.9 Å². The molecule has 1 aromatic rings. The van der Waals surface area contributed by atoms with E-state index in [9.17, 15) is 0 Å². The lowest BCUT2D eigenvalue weighted by atomic mass is 10.1. The lowest BCUT2D eigenvalue weighted by Gasteiger charge is -2.43. The summed E-state index contributed by atoms with van der Waals surface area (Å²) in [7, 11) is 2.16. The number of nitrogens with two attached hydrogens (primary N) is 1. The van der Waals surface area contributed by atoms with Crippen molar-refractivity contribution in [1.29, 1.82) is 0 Å². The van der Waals surface area contributed by atoms with Gasteiger partial charge in [0.05, 0.1) is 0 Å². The van der Waals surface area contributed by atoms with Gasteiger partial charge in [0.25, 0.3) is 0 Å². The Kier molecular flexibility index (Phi) is 3.53. The van der Waals surface area contributed by atoms with Crippen molar-refractivity contribution in [2.45, 2.75) is 25.9 Å². The van der Waals surface area contributed by atoms with Gasteiger partial charge in [0.15, 0.2) is 0 Å². The number of anilines is 2. The van der Waals surface area contributed by atoms with Crippen molar-refractivity contribution >= 4 is 27.6 Å². The molecule has 0 spiro atoms. The minimum absolute atomic E-state index is 0.495. The molecule has 0 bridgehead atoms. The van der Waals surface area contributed by atoms with Crippen LogP contribution < -0.4 is 10.6 Å². The standard InChI is InChI=1S/C11H18BrN5/c1-7-4-17(5-8(2)16(7)3)11-9(12)10(13)14-6-15-11/h6-8H,4-5H2,1-3H3,(H2,13,14,15). The second kappa shape index (κ2) is 4.78. The molecular formula is C11H18BrN5. The quantitative estimate of drug-likeness (QED) is 0.848. The fourth-order valence-electron chi connectivity index (χ4n) is 2.17. The highest BCUT2D eigenvalue weighted by molar-refractivity contribution is 9.10. The summed E-state index contributed by atoms with van der Waals surface area (Å²) in [4.78, 5) is 12.9. The molecule has 2 rings (SSSR count). The highest BCUT2D eigenvalue weighted by Gasteiger charge is 2.28. The van der Waals surface area contributed by atoms with Gasteiger partial charge in [0.2, 0.25) is 0 Å². The third-order valence-electron chi connectivity index (χ3n) is 3.46. The molecule has 1 fully saturated rings. The summed E-state index contributed by atoms with van der Waals surface area (Å²) in [6.07, 6.45) is 1.52. The number of nitrogens with zero attached hydrogens (tertiary/aromatic N) is 4. The lowest BCUT2D eigenvalue weighted by Crippen LogP contribution is -2.55. The predicted octanol–water partition coefficient (Wildman–Crippen LogP) is 1.35. The first-order chi connectivity index (χ1) is 8.00. The molecule has 2 heterocycles. The van der Waals surface area contributed by atoms with E-state index < -0.39 is 0 Å². The number of aromatic nitrogens is 2. The van der Waals surface area contributed by atoms with Crippen molar-refractivity contribution < 1.29 is 0 Å². The Bertz CT molecular complexity index is 399. The second-order valence-corrected chi connectivity index (χ2v) is 5.46. The first kappa shape index (κ1) is 12.6. The summed E-state index contributed by atoms with van der Waals surface area (Å²) in [5, 5.41) is 0.